The SMILES string of the molecule is COc1ccc(Cl)c(-n2c(O)c(F)c(=O)[nH]c2=O)c1. The first-order valence-corrected chi connectivity index (χ1v) is 5.41. The average Bonchev–Trinajstić information content (AvgIpc) is 2.38. The van der Waals surface area contributed by atoms with Gasteiger partial charge in [-0.25, -0.2) is 9.36 Å². The van der Waals surface area contributed by atoms with Gasteiger partial charge in [0.15, 0.2) is 0 Å². The van der Waals surface area contributed by atoms with Crippen LogP contribution in [0.25, 0.3) is 5.69 Å². The third-order valence-corrected chi connectivity index (χ3v) is 2.74. The van der Waals surface area contributed by atoms with Crippen LogP contribution in [0.15, 0.2) is 27.8 Å². The molecule has 1 aromatic carbocycles. The van der Waals surface area contributed by atoms with Crippen LogP contribution in [-0.2, 0) is 0 Å². The molecule has 1 heterocycles. The van der Waals surface area contributed by atoms with Crippen molar-refractivity contribution >= 4 is 11.6 Å². The van der Waals surface area contributed by atoms with Crippen LogP contribution < -0.4 is 16.0 Å². The molecular weight excluding hydrogens is 279 g/mol. The molecular formula is C11H8ClFN2O4. The van der Waals surface area contributed by atoms with Crippen LogP contribution in [0.3, 0.4) is 0 Å². The summed E-state index contributed by atoms with van der Waals surface area (Å²) in [7, 11) is 1.39. The number of aromatic nitrogens is 2. The Balaban J connectivity index is 2.83. The molecule has 0 bridgehead atoms. The number of methoxy groups -OCH3 is 1. The fourth-order valence-electron chi connectivity index (χ4n) is 1.52. The maximum atomic E-state index is 13.3. The first kappa shape index (κ1) is 13.2. The number of nitrogens with zero attached hydrogens (tertiary/aromatic N) is 1. The number of aromatic hydroxyl groups is 1. The number of hydrogen-bond acceptors (Lipinski definition) is 4. The number of nitrogens with one attached hydrogen (secondary N) is 1. The van der Waals surface area contributed by atoms with E-state index >= 15 is 0 Å². The molecule has 0 saturated carbocycles. The number of H-pyrrole nitrogens is 1. The van der Waals surface area contributed by atoms with E-state index < -0.39 is 22.9 Å². The molecule has 19 heavy (non-hydrogen) atoms. The zero-order valence-corrected chi connectivity index (χ0v) is 10.4. The molecule has 2 aromatic rings. The number of ether oxygens (including phenoxy) is 1. The van der Waals surface area contributed by atoms with Crippen LogP contribution in [0.4, 0.5) is 4.39 Å². The summed E-state index contributed by atoms with van der Waals surface area (Å²) in [4.78, 5) is 24.4. The van der Waals surface area contributed by atoms with Crippen molar-refractivity contribution < 1.29 is 14.2 Å². The maximum absolute atomic E-state index is 13.3. The van der Waals surface area contributed by atoms with Gasteiger partial charge in [0.2, 0.25) is 11.7 Å². The molecule has 8 heteroatoms. The zero-order valence-electron chi connectivity index (χ0n) is 9.61. The predicted molar refractivity (Wildman–Crippen MR) is 65.8 cm³/mol. The van der Waals surface area contributed by atoms with Crippen molar-refractivity contribution in [2.75, 3.05) is 7.11 Å². The number of aromatic amines is 1. The summed E-state index contributed by atoms with van der Waals surface area (Å²) in [6.07, 6.45) is 0. The molecule has 0 radical (unpaired) electrons. The third-order valence-electron chi connectivity index (χ3n) is 2.43. The highest BCUT2D eigenvalue weighted by Crippen LogP contribution is 2.27. The summed E-state index contributed by atoms with van der Waals surface area (Å²) < 4.78 is 18.8. The van der Waals surface area contributed by atoms with Gasteiger partial charge in [-0.1, -0.05) is 11.6 Å². The highest BCUT2D eigenvalue weighted by molar-refractivity contribution is 6.32. The molecule has 0 aliphatic heterocycles. The fourth-order valence-corrected chi connectivity index (χ4v) is 1.72. The topological polar surface area (TPSA) is 84.3 Å². The van der Waals surface area contributed by atoms with Crippen LogP contribution in [0.5, 0.6) is 11.6 Å². The summed E-state index contributed by atoms with van der Waals surface area (Å²) in [5.74, 6) is -2.25. The number of rotatable bonds is 2. The van der Waals surface area contributed by atoms with E-state index in [0.29, 0.717) is 10.3 Å². The first-order chi connectivity index (χ1) is 8.95. The molecule has 2 rings (SSSR count). The van der Waals surface area contributed by atoms with E-state index in [-0.39, 0.29) is 10.7 Å². The lowest BCUT2D eigenvalue weighted by atomic mass is 10.3. The van der Waals surface area contributed by atoms with E-state index in [1.54, 1.807) is 4.98 Å². The minimum atomic E-state index is -1.47. The van der Waals surface area contributed by atoms with Crippen LogP contribution >= 0.6 is 11.6 Å². The van der Waals surface area contributed by atoms with Gasteiger partial charge in [-0.3, -0.25) is 9.78 Å². The standard InChI is InChI=1S/C11H8ClFN2O4/c1-19-5-2-3-6(12)7(4-5)15-10(17)8(13)9(16)14-11(15)18/h2-4,17H,1H3,(H,14,16,18). The summed E-state index contributed by atoms with van der Waals surface area (Å²) in [5.41, 5.74) is -2.34. The maximum Gasteiger partial charge on any atom is 0.335 e. The van der Waals surface area contributed by atoms with Crippen molar-refractivity contribution in [3.8, 4) is 17.3 Å². The zero-order chi connectivity index (χ0) is 14.2. The van der Waals surface area contributed by atoms with Crippen molar-refractivity contribution in [1.29, 1.82) is 0 Å². The minimum absolute atomic E-state index is 0.0151. The van der Waals surface area contributed by atoms with Crippen molar-refractivity contribution in [2.45, 2.75) is 0 Å². The lowest BCUT2D eigenvalue weighted by Gasteiger charge is -2.11. The largest absolute Gasteiger partial charge is 0.497 e. The third kappa shape index (κ3) is 2.19. The van der Waals surface area contributed by atoms with Crippen molar-refractivity contribution in [1.82, 2.24) is 9.55 Å². The Morgan fingerprint density at radius 1 is 1.42 bits per heavy atom. The average molecular weight is 287 g/mol. The molecule has 0 atom stereocenters. The molecule has 0 saturated heterocycles. The lowest BCUT2D eigenvalue weighted by Crippen LogP contribution is -2.31. The molecule has 0 spiro atoms. The van der Waals surface area contributed by atoms with Gasteiger partial charge >= 0.3 is 5.69 Å². The molecule has 2 N–H and O–H groups in total. The highest BCUT2D eigenvalue weighted by Gasteiger charge is 2.17. The minimum Gasteiger partial charge on any atom is -0.497 e. The molecule has 0 unspecified atom stereocenters. The van der Waals surface area contributed by atoms with Gasteiger partial charge < -0.3 is 9.84 Å². The van der Waals surface area contributed by atoms with Gasteiger partial charge in [0.1, 0.15) is 5.75 Å². The fraction of sp³-hybridized carbons (Fsp3) is 0.0909. The number of hydrogen-bond donors (Lipinski definition) is 2. The Kier molecular flexibility index (Phi) is 3.30. The van der Waals surface area contributed by atoms with E-state index in [1.807, 2.05) is 0 Å². The summed E-state index contributed by atoms with van der Waals surface area (Å²) in [6, 6.07) is 4.25. The summed E-state index contributed by atoms with van der Waals surface area (Å²) in [5, 5.41) is 9.64. The van der Waals surface area contributed by atoms with Crippen molar-refractivity contribution in [3.05, 3.63) is 49.9 Å². The van der Waals surface area contributed by atoms with Crippen LogP contribution in [-0.4, -0.2) is 21.8 Å². The Morgan fingerprint density at radius 2 is 2.11 bits per heavy atom. The second-order valence-electron chi connectivity index (χ2n) is 3.55. The molecule has 1 aromatic heterocycles. The Morgan fingerprint density at radius 3 is 2.74 bits per heavy atom. The van der Waals surface area contributed by atoms with E-state index in [9.17, 15) is 19.1 Å². The van der Waals surface area contributed by atoms with Crippen molar-refractivity contribution in [3.63, 3.8) is 0 Å². The van der Waals surface area contributed by atoms with Gasteiger partial charge in [-0.2, -0.15) is 4.39 Å². The van der Waals surface area contributed by atoms with Crippen LogP contribution in [0.2, 0.25) is 5.02 Å². The lowest BCUT2D eigenvalue weighted by molar-refractivity contribution is 0.385. The van der Waals surface area contributed by atoms with Crippen molar-refractivity contribution in [2.24, 2.45) is 0 Å². The van der Waals surface area contributed by atoms with Crippen LogP contribution in [0, 0.1) is 5.82 Å². The Bertz CT molecular complexity index is 753. The molecule has 0 fully saturated rings. The smallest absolute Gasteiger partial charge is 0.335 e. The first-order valence-electron chi connectivity index (χ1n) is 5.03. The molecule has 100 valence electrons. The van der Waals surface area contributed by atoms with E-state index in [0.717, 1.165) is 0 Å². The molecule has 0 aliphatic carbocycles. The normalized spacial score (nSPS) is 10.5. The van der Waals surface area contributed by atoms with Gasteiger partial charge in [0, 0.05) is 6.07 Å². The Labute approximate surface area is 110 Å². The number of halogens is 2. The van der Waals surface area contributed by atoms with Gasteiger partial charge in [-0.15, -0.1) is 0 Å². The van der Waals surface area contributed by atoms with E-state index in [4.69, 9.17) is 16.3 Å². The second-order valence-corrected chi connectivity index (χ2v) is 3.96. The van der Waals surface area contributed by atoms with Crippen LogP contribution in [0.1, 0.15) is 0 Å². The second kappa shape index (κ2) is 4.77. The molecule has 0 aliphatic rings. The van der Waals surface area contributed by atoms with Gasteiger partial charge in [-0.05, 0) is 12.1 Å². The Hall–Kier alpha value is -2.28. The van der Waals surface area contributed by atoms with Gasteiger partial charge in [0.25, 0.3) is 5.56 Å². The monoisotopic (exact) mass is 286 g/mol. The molecule has 0 amide bonds. The quantitative estimate of drug-likeness (QED) is 0.864. The summed E-state index contributed by atoms with van der Waals surface area (Å²) >= 11 is 5.88. The summed E-state index contributed by atoms with van der Waals surface area (Å²) in [6.45, 7) is 0. The van der Waals surface area contributed by atoms with E-state index in [2.05, 4.69) is 0 Å². The number of benzene rings is 1. The predicted octanol–water partition coefficient (Wildman–Crippen LogP) is 1.03. The van der Waals surface area contributed by atoms with Gasteiger partial charge in [0.05, 0.1) is 17.8 Å². The molecule has 6 nitrogen and oxygen atoms in total. The highest BCUT2D eigenvalue weighted by atomic mass is 35.5. The van der Waals surface area contributed by atoms with E-state index in [1.165, 1.54) is 25.3 Å².